The summed E-state index contributed by atoms with van der Waals surface area (Å²) in [6.07, 6.45) is 5.47. The molecular formula is C17H36N3O6P. The van der Waals surface area contributed by atoms with Crippen molar-refractivity contribution in [2.45, 2.75) is 58.1 Å². The number of nitrogens with two attached hydrogens (primary N) is 1. The van der Waals surface area contributed by atoms with Crippen LogP contribution in [-0.4, -0.2) is 60.4 Å². The highest BCUT2D eigenvalue weighted by molar-refractivity contribution is 7.39. The topological polar surface area (TPSA) is 162 Å². The summed E-state index contributed by atoms with van der Waals surface area (Å²) in [5.41, 5.74) is 5.68. The molecule has 1 unspecified atom stereocenters. The third kappa shape index (κ3) is 11.4. The molecule has 0 saturated heterocycles. The van der Waals surface area contributed by atoms with Crippen molar-refractivity contribution < 1.29 is 29.3 Å². The van der Waals surface area contributed by atoms with Gasteiger partial charge >= 0.3 is 0 Å². The molecular weight excluding hydrogens is 373 g/mol. The lowest BCUT2D eigenvalue weighted by Crippen LogP contribution is -2.48. The van der Waals surface area contributed by atoms with Gasteiger partial charge in [-0.3, -0.25) is 14.2 Å². The van der Waals surface area contributed by atoms with Crippen molar-refractivity contribution in [3.05, 3.63) is 0 Å². The fourth-order valence-electron chi connectivity index (χ4n) is 2.82. The van der Waals surface area contributed by atoms with Crippen molar-refractivity contribution in [3.8, 4) is 0 Å². The van der Waals surface area contributed by atoms with Crippen molar-refractivity contribution >= 4 is 19.8 Å². The molecule has 1 rings (SSSR count). The van der Waals surface area contributed by atoms with Crippen LogP contribution in [0.4, 0.5) is 0 Å². The average molecular weight is 409 g/mol. The first-order valence-corrected chi connectivity index (χ1v) is 11.0. The standard InChI is InChI=1S/C17H34N3O5P.H2O/c1-12(2)16(18)17(23)20-9-15(22)19-8-14(21)10-25-26(24)11-13-6-4-3-5-7-13;/h12-14,16,21,26H,3-11,18H2,1-2H3,(H,19,22)(H,20,23);1H2/t14-,16-;/m0./s1. The first-order valence-electron chi connectivity index (χ1n) is 9.43. The number of nitrogens with one attached hydrogen (secondary N) is 2. The van der Waals surface area contributed by atoms with Crippen LogP contribution in [0.3, 0.4) is 0 Å². The molecule has 9 nitrogen and oxygen atoms in total. The first kappa shape index (κ1) is 26.0. The van der Waals surface area contributed by atoms with Crippen molar-refractivity contribution in [1.29, 1.82) is 0 Å². The molecule has 0 radical (unpaired) electrons. The fraction of sp³-hybridized carbons (Fsp3) is 0.882. The second kappa shape index (κ2) is 14.1. The van der Waals surface area contributed by atoms with Crippen LogP contribution in [0.1, 0.15) is 46.0 Å². The van der Waals surface area contributed by atoms with Crippen LogP contribution >= 0.6 is 8.03 Å². The second-order valence-electron chi connectivity index (χ2n) is 7.34. The molecule has 0 aromatic carbocycles. The number of hydrogen-bond acceptors (Lipinski definition) is 6. The van der Waals surface area contributed by atoms with Crippen LogP contribution in [0.15, 0.2) is 0 Å². The molecule has 1 saturated carbocycles. The molecule has 0 bridgehead atoms. The lowest BCUT2D eigenvalue weighted by atomic mass is 9.91. The van der Waals surface area contributed by atoms with Crippen molar-refractivity contribution in [2.75, 3.05) is 25.9 Å². The Bertz CT molecular complexity index is 472. The highest BCUT2D eigenvalue weighted by atomic mass is 31.1. The Kier molecular flexibility index (Phi) is 13.6. The molecule has 3 atom stereocenters. The molecule has 0 heterocycles. The van der Waals surface area contributed by atoms with Gasteiger partial charge in [-0.1, -0.05) is 33.1 Å². The van der Waals surface area contributed by atoms with Crippen LogP contribution in [0, 0.1) is 11.8 Å². The number of amides is 2. The third-order valence-corrected chi connectivity index (χ3v) is 6.00. The number of aliphatic hydroxyl groups is 1. The third-order valence-electron chi connectivity index (χ3n) is 4.60. The van der Waals surface area contributed by atoms with E-state index in [1.54, 1.807) is 0 Å². The first-order chi connectivity index (χ1) is 12.3. The van der Waals surface area contributed by atoms with E-state index in [1.807, 2.05) is 13.8 Å². The summed E-state index contributed by atoms with van der Waals surface area (Å²) in [5.74, 6) is -0.370. The molecule has 10 heteroatoms. The van der Waals surface area contributed by atoms with E-state index in [0.29, 0.717) is 12.1 Å². The predicted molar refractivity (Wildman–Crippen MR) is 105 cm³/mol. The van der Waals surface area contributed by atoms with Gasteiger partial charge in [-0.2, -0.15) is 0 Å². The average Bonchev–Trinajstić information content (AvgIpc) is 2.62. The molecule has 2 amide bonds. The van der Waals surface area contributed by atoms with Crippen LogP contribution in [0.5, 0.6) is 0 Å². The molecule has 1 aliphatic carbocycles. The zero-order valence-corrected chi connectivity index (χ0v) is 17.3. The number of rotatable bonds is 11. The van der Waals surface area contributed by atoms with E-state index in [9.17, 15) is 19.3 Å². The predicted octanol–water partition coefficient (Wildman–Crippen LogP) is -0.190. The highest BCUT2D eigenvalue weighted by Crippen LogP contribution is 2.33. The van der Waals surface area contributed by atoms with E-state index in [0.717, 1.165) is 12.8 Å². The van der Waals surface area contributed by atoms with E-state index in [1.165, 1.54) is 19.3 Å². The van der Waals surface area contributed by atoms with Gasteiger partial charge < -0.3 is 31.5 Å². The Balaban J connectivity index is 0.00000676. The van der Waals surface area contributed by atoms with Gasteiger partial charge in [-0.25, -0.2) is 0 Å². The highest BCUT2D eigenvalue weighted by Gasteiger charge is 2.19. The molecule has 27 heavy (non-hydrogen) atoms. The zero-order chi connectivity index (χ0) is 19.5. The minimum atomic E-state index is -2.15. The van der Waals surface area contributed by atoms with Crippen LogP contribution in [0.2, 0.25) is 0 Å². The molecule has 160 valence electrons. The molecule has 1 aliphatic rings. The maximum Gasteiger partial charge on any atom is 0.239 e. The van der Waals surface area contributed by atoms with E-state index in [-0.39, 0.29) is 37.0 Å². The summed E-state index contributed by atoms with van der Waals surface area (Å²) in [6, 6.07) is -0.663. The van der Waals surface area contributed by atoms with Gasteiger partial charge in [0.05, 0.1) is 25.3 Å². The summed E-state index contributed by atoms with van der Waals surface area (Å²) in [6.45, 7) is 3.34. The zero-order valence-electron chi connectivity index (χ0n) is 16.3. The number of carbonyl (C=O) groups is 2. The molecule has 1 fully saturated rings. The summed E-state index contributed by atoms with van der Waals surface area (Å²) < 4.78 is 17.2. The summed E-state index contributed by atoms with van der Waals surface area (Å²) >= 11 is 0. The van der Waals surface area contributed by atoms with E-state index < -0.39 is 26.1 Å². The Morgan fingerprint density at radius 2 is 1.85 bits per heavy atom. The molecule has 0 aromatic heterocycles. The summed E-state index contributed by atoms with van der Waals surface area (Å²) in [4.78, 5) is 23.3. The van der Waals surface area contributed by atoms with Crippen LogP contribution < -0.4 is 16.4 Å². The van der Waals surface area contributed by atoms with E-state index >= 15 is 0 Å². The lowest BCUT2D eigenvalue weighted by molar-refractivity contribution is -0.127. The van der Waals surface area contributed by atoms with E-state index in [4.69, 9.17) is 10.3 Å². The molecule has 7 N–H and O–H groups in total. The molecule has 0 aromatic rings. The Morgan fingerprint density at radius 1 is 1.22 bits per heavy atom. The Morgan fingerprint density at radius 3 is 2.44 bits per heavy atom. The van der Waals surface area contributed by atoms with Crippen molar-refractivity contribution in [3.63, 3.8) is 0 Å². The van der Waals surface area contributed by atoms with Gasteiger partial charge in [-0.05, 0) is 24.7 Å². The van der Waals surface area contributed by atoms with Crippen LogP contribution in [0.25, 0.3) is 0 Å². The minimum absolute atomic E-state index is 0. The quantitative estimate of drug-likeness (QED) is 0.346. The van der Waals surface area contributed by atoms with Gasteiger partial charge in [0.2, 0.25) is 11.8 Å². The molecule has 0 spiro atoms. The van der Waals surface area contributed by atoms with Gasteiger partial charge in [0, 0.05) is 12.7 Å². The number of hydrogen-bond donors (Lipinski definition) is 4. The van der Waals surface area contributed by atoms with Crippen molar-refractivity contribution in [2.24, 2.45) is 17.6 Å². The summed E-state index contributed by atoms with van der Waals surface area (Å²) in [5, 5.41) is 14.8. The van der Waals surface area contributed by atoms with E-state index in [2.05, 4.69) is 10.6 Å². The van der Waals surface area contributed by atoms with Crippen molar-refractivity contribution in [1.82, 2.24) is 10.6 Å². The smallest absolute Gasteiger partial charge is 0.239 e. The SMILES string of the molecule is CC(C)[C@H](N)C(=O)NCC(=O)NC[C@H](O)CO[PH](=O)CC1CCCCC1.O. The van der Waals surface area contributed by atoms with Gasteiger partial charge in [-0.15, -0.1) is 0 Å². The Labute approximate surface area is 162 Å². The monoisotopic (exact) mass is 409 g/mol. The largest absolute Gasteiger partial charge is 0.412 e. The maximum atomic E-state index is 12.0. The van der Waals surface area contributed by atoms with Gasteiger partial charge in [0.25, 0.3) is 0 Å². The normalized spacial score (nSPS) is 18.3. The number of aliphatic hydroxyl groups excluding tert-OH is 1. The maximum absolute atomic E-state index is 12.0. The minimum Gasteiger partial charge on any atom is -0.412 e. The number of carbonyl (C=O) groups excluding carboxylic acids is 2. The van der Waals surface area contributed by atoms with Gasteiger partial charge in [0.15, 0.2) is 8.03 Å². The Hall–Kier alpha value is -0.990. The summed E-state index contributed by atoms with van der Waals surface area (Å²) in [7, 11) is -2.15. The van der Waals surface area contributed by atoms with Gasteiger partial charge in [0.1, 0.15) is 0 Å². The van der Waals surface area contributed by atoms with Crippen LogP contribution in [-0.2, 0) is 18.7 Å². The second-order valence-corrected chi connectivity index (χ2v) is 8.78. The fourth-order valence-corrected chi connectivity index (χ4v) is 4.19. The lowest BCUT2D eigenvalue weighted by Gasteiger charge is -2.21. The molecule has 0 aliphatic heterocycles.